The van der Waals surface area contributed by atoms with Gasteiger partial charge in [0.2, 0.25) is 21.9 Å². The number of aromatic amines is 1. The Kier molecular flexibility index (Phi) is 5.62. The molecule has 4 rings (SSSR count). The van der Waals surface area contributed by atoms with Crippen LogP contribution in [0.2, 0.25) is 0 Å². The summed E-state index contributed by atoms with van der Waals surface area (Å²) < 4.78 is 27.4. The topological polar surface area (TPSA) is 95.2 Å². The number of carbonyl (C=O) groups excluding carboxylic acids is 1. The van der Waals surface area contributed by atoms with Crippen LogP contribution in [0.4, 0.5) is 5.95 Å². The molecule has 7 nitrogen and oxygen atoms in total. The maximum atomic E-state index is 12.9. The summed E-state index contributed by atoms with van der Waals surface area (Å²) in [6.45, 7) is 4.80. The van der Waals surface area contributed by atoms with E-state index in [0.29, 0.717) is 42.7 Å². The second-order valence-electron chi connectivity index (χ2n) is 7.99. The minimum atomic E-state index is -3.55. The Balaban J connectivity index is 1.38. The van der Waals surface area contributed by atoms with Gasteiger partial charge in [-0.1, -0.05) is 38.1 Å². The number of H-pyrrole nitrogens is 1. The highest BCUT2D eigenvalue weighted by Gasteiger charge is 2.32. The van der Waals surface area contributed by atoms with Gasteiger partial charge in [-0.3, -0.25) is 10.1 Å². The lowest BCUT2D eigenvalue weighted by atomic mass is 9.97. The van der Waals surface area contributed by atoms with Crippen molar-refractivity contribution in [1.29, 1.82) is 0 Å². The van der Waals surface area contributed by atoms with Crippen LogP contribution in [0.15, 0.2) is 53.4 Å². The molecule has 30 heavy (non-hydrogen) atoms. The minimum Gasteiger partial charge on any atom is -0.324 e. The van der Waals surface area contributed by atoms with Crippen molar-refractivity contribution >= 4 is 32.9 Å². The maximum Gasteiger partial charge on any atom is 0.243 e. The number of hydrogen-bond donors (Lipinski definition) is 2. The zero-order valence-electron chi connectivity index (χ0n) is 17.1. The van der Waals surface area contributed by atoms with Crippen LogP contribution in [0, 0.1) is 5.92 Å². The van der Waals surface area contributed by atoms with Crippen molar-refractivity contribution in [2.75, 3.05) is 18.4 Å². The number of rotatable bonds is 5. The Hall–Kier alpha value is -2.71. The van der Waals surface area contributed by atoms with Gasteiger partial charge in [0.1, 0.15) is 0 Å². The molecule has 0 spiro atoms. The molecular formula is C22H26N4O3S. The van der Waals surface area contributed by atoms with E-state index in [0.717, 1.165) is 16.6 Å². The van der Waals surface area contributed by atoms with E-state index in [2.05, 4.69) is 29.1 Å². The van der Waals surface area contributed by atoms with E-state index >= 15 is 0 Å². The van der Waals surface area contributed by atoms with Crippen LogP contribution in [-0.2, 0) is 14.8 Å². The lowest BCUT2D eigenvalue weighted by Gasteiger charge is -2.30. The van der Waals surface area contributed by atoms with E-state index in [4.69, 9.17) is 0 Å². The number of nitrogens with zero attached hydrogens (tertiary/aromatic N) is 2. The van der Waals surface area contributed by atoms with Gasteiger partial charge in [-0.05, 0) is 48.6 Å². The lowest BCUT2D eigenvalue weighted by molar-refractivity contribution is -0.120. The third kappa shape index (κ3) is 4.11. The molecule has 3 aromatic rings. The highest BCUT2D eigenvalue weighted by molar-refractivity contribution is 7.89. The highest BCUT2D eigenvalue weighted by atomic mass is 32.2. The van der Waals surface area contributed by atoms with Crippen LogP contribution in [0.3, 0.4) is 0 Å². The molecule has 0 aliphatic carbocycles. The van der Waals surface area contributed by atoms with Gasteiger partial charge in [0.05, 0.1) is 15.9 Å². The van der Waals surface area contributed by atoms with Gasteiger partial charge < -0.3 is 4.98 Å². The molecule has 2 heterocycles. The molecular weight excluding hydrogens is 400 g/mol. The number of anilines is 1. The zero-order valence-corrected chi connectivity index (χ0v) is 17.9. The van der Waals surface area contributed by atoms with Crippen LogP contribution in [0.5, 0.6) is 0 Å². The van der Waals surface area contributed by atoms with Gasteiger partial charge in [-0.25, -0.2) is 13.4 Å². The smallest absolute Gasteiger partial charge is 0.243 e. The normalized spacial score (nSPS) is 16.2. The minimum absolute atomic E-state index is 0.132. The average molecular weight is 427 g/mol. The maximum absolute atomic E-state index is 12.9. The first-order chi connectivity index (χ1) is 14.3. The molecule has 2 aromatic carbocycles. The zero-order chi connectivity index (χ0) is 21.3. The van der Waals surface area contributed by atoms with Gasteiger partial charge in [-0.2, -0.15) is 4.31 Å². The van der Waals surface area contributed by atoms with Crippen LogP contribution in [-0.4, -0.2) is 41.7 Å². The van der Waals surface area contributed by atoms with Gasteiger partial charge in [0, 0.05) is 19.0 Å². The molecule has 0 radical (unpaired) electrons. The van der Waals surface area contributed by atoms with Crippen molar-refractivity contribution in [2.24, 2.45) is 5.92 Å². The fraction of sp³-hybridized carbons (Fsp3) is 0.364. The number of imidazole rings is 1. The summed E-state index contributed by atoms with van der Waals surface area (Å²) in [4.78, 5) is 20.4. The van der Waals surface area contributed by atoms with E-state index < -0.39 is 10.0 Å². The number of sulfonamides is 1. The van der Waals surface area contributed by atoms with E-state index in [-0.39, 0.29) is 11.8 Å². The summed E-state index contributed by atoms with van der Waals surface area (Å²) in [5.41, 5.74) is 2.75. The van der Waals surface area contributed by atoms with Gasteiger partial charge in [0.25, 0.3) is 0 Å². The largest absolute Gasteiger partial charge is 0.324 e. The molecule has 1 aromatic heterocycles. The number of aromatic nitrogens is 2. The molecule has 8 heteroatoms. The summed E-state index contributed by atoms with van der Waals surface area (Å²) in [7, 11) is -3.55. The van der Waals surface area contributed by atoms with E-state index in [1.54, 1.807) is 12.1 Å². The summed E-state index contributed by atoms with van der Waals surface area (Å²) in [5.74, 6) is 0.393. The molecule has 0 unspecified atom stereocenters. The number of hydrogen-bond acceptors (Lipinski definition) is 4. The SMILES string of the molecule is CC(C)c1ccc(S(=O)(=O)N2CCC(C(=O)Nc3nc4ccccc4[nH]3)CC2)cc1. The van der Waals surface area contributed by atoms with Crippen molar-refractivity contribution in [3.63, 3.8) is 0 Å². The standard InChI is InChI=1S/C22H26N4O3S/c1-15(2)16-7-9-18(10-8-16)30(28,29)26-13-11-17(12-14-26)21(27)25-22-23-19-5-3-4-6-20(19)24-22/h3-10,15,17H,11-14H2,1-2H3,(H2,23,24,25,27). The van der Waals surface area contributed by atoms with Gasteiger partial charge >= 0.3 is 0 Å². The summed E-state index contributed by atoms with van der Waals surface area (Å²) in [5, 5.41) is 2.83. The highest BCUT2D eigenvalue weighted by Crippen LogP contribution is 2.26. The number of para-hydroxylation sites is 2. The molecule has 0 bridgehead atoms. The number of piperidine rings is 1. The Morgan fingerprint density at radius 3 is 2.40 bits per heavy atom. The molecule has 158 valence electrons. The van der Waals surface area contributed by atoms with Crippen LogP contribution in [0.25, 0.3) is 11.0 Å². The quantitative estimate of drug-likeness (QED) is 0.650. The molecule has 1 aliphatic heterocycles. The van der Waals surface area contributed by atoms with E-state index in [9.17, 15) is 13.2 Å². The summed E-state index contributed by atoms with van der Waals surface area (Å²) in [6.07, 6.45) is 0.963. The third-order valence-electron chi connectivity index (χ3n) is 5.64. The third-order valence-corrected chi connectivity index (χ3v) is 7.55. The first-order valence-electron chi connectivity index (χ1n) is 10.2. The number of carbonyl (C=O) groups is 1. The van der Waals surface area contributed by atoms with Crippen molar-refractivity contribution in [3.05, 3.63) is 54.1 Å². The van der Waals surface area contributed by atoms with E-state index in [1.807, 2.05) is 36.4 Å². The number of amides is 1. The number of benzene rings is 2. The predicted molar refractivity (Wildman–Crippen MR) is 117 cm³/mol. The Bertz CT molecular complexity index is 1110. The fourth-order valence-electron chi connectivity index (χ4n) is 3.76. The molecule has 1 saturated heterocycles. The van der Waals surface area contributed by atoms with Gasteiger partial charge in [0.15, 0.2) is 0 Å². The summed E-state index contributed by atoms with van der Waals surface area (Å²) in [6, 6.07) is 14.6. The monoisotopic (exact) mass is 426 g/mol. The summed E-state index contributed by atoms with van der Waals surface area (Å²) >= 11 is 0. The van der Waals surface area contributed by atoms with Crippen LogP contribution >= 0.6 is 0 Å². The second-order valence-corrected chi connectivity index (χ2v) is 9.93. The van der Waals surface area contributed by atoms with Crippen molar-refractivity contribution in [3.8, 4) is 0 Å². The Labute approximate surface area is 176 Å². The Morgan fingerprint density at radius 2 is 1.77 bits per heavy atom. The lowest BCUT2D eigenvalue weighted by Crippen LogP contribution is -2.41. The van der Waals surface area contributed by atoms with Crippen LogP contribution < -0.4 is 5.32 Å². The molecule has 1 amide bonds. The van der Waals surface area contributed by atoms with E-state index in [1.165, 1.54) is 4.31 Å². The van der Waals surface area contributed by atoms with Crippen molar-refractivity contribution < 1.29 is 13.2 Å². The Morgan fingerprint density at radius 1 is 1.10 bits per heavy atom. The second kappa shape index (κ2) is 8.20. The first-order valence-corrected chi connectivity index (χ1v) is 11.6. The molecule has 1 fully saturated rings. The molecule has 1 aliphatic rings. The number of fused-ring (bicyclic) bond motifs is 1. The van der Waals surface area contributed by atoms with Gasteiger partial charge in [-0.15, -0.1) is 0 Å². The molecule has 0 saturated carbocycles. The fourth-order valence-corrected chi connectivity index (χ4v) is 5.23. The van der Waals surface area contributed by atoms with Crippen LogP contribution in [0.1, 0.15) is 38.2 Å². The van der Waals surface area contributed by atoms with Crippen molar-refractivity contribution in [1.82, 2.24) is 14.3 Å². The number of nitrogens with one attached hydrogen (secondary N) is 2. The molecule has 2 N–H and O–H groups in total. The predicted octanol–water partition coefficient (Wildman–Crippen LogP) is 3.73. The molecule has 0 atom stereocenters. The van der Waals surface area contributed by atoms with Crippen molar-refractivity contribution in [2.45, 2.75) is 37.5 Å². The average Bonchev–Trinajstić information content (AvgIpc) is 3.16. The first kappa shape index (κ1) is 20.6.